The van der Waals surface area contributed by atoms with Gasteiger partial charge in [0.2, 0.25) is 0 Å². The highest BCUT2D eigenvalue weighted by Gasteiger charge is 2.12. The van der Waals surface area contributed by atoms with Crippen LogP contribution in [-0.2, 0) is 6.42 Å². The van der Waals surface area contributed by atoms with E-state index in [1.54, 1.807) is 14.2 Å². The molecular formula is C16H27NO2. The lowest BCUT2D eigenvalue weighted by molar-refractivity contribution is 0.380. The summed E-state index contributed by atoms with van der Waals surface area (Å²) in [5.41, 5.74) is 1.17. The molecule has 19 heavy (non-hydrogen) atoms. The predicted octanol–water partition coefficient (Wildman–Crippen LogP) is 3.41. The third-order valence-corrected chi connectivity index (χ3v) is 3.45. The van der Waals surface area contributed by atoms with Crippen molar-refractivity contribution in [1.82, 2.24) is 5.32 Å². The smallest absolute Gasteiger partial charge is 0.125 e. The molecule has 0 bridgehead atoms. The second kappa shape index (κ2) is 8.81. The van der Waals surface area contributed by atoms with Crippen molar-refractivity contribution in [3.63, 3.8) is 0 Å². The highest BCUT2D eigenvalue weighted by atomic mass is 16.5. The molecule has 0 radical (unpaired) electrons. The fraction of sp³-hybridized carbons (Fsp3) is 0.625. The quantitative estimate of drug-likeness (QED) is 0.742. The van der Waals surface area contributed by atoms with Crippen LogP contribution in [0.5, 0.6) is 11.5 Å². The summed E-state index contributed by atoms with van der Waals surface area (Å²) in [6.07, 6.45) is 4.40. The normalized spacial score (nSPS) is 12.2. The van der Waals surface area contributed by atoms with Gasteiger partial charge in [-0.3, -0.25) is 0 Å². The van der Waals surface area contributed by atoms with Gasteiger partial charge in [0, 0.05) is 11.6 Å². The Labute approximate surface area is 117 Å². The lowest BCUT2D eigenvalue weighted by atomic mass is 10.0. The minimum atomic E-state index is 0.564. The van der Waals surface area contributed by atoms with Gasteiger partial charge in [-0.15, -0.1) is 0 Å². The van der Waals surface area contributed by atoms with E-state index in [9.17, 15) is 0 Å². The highest BCUT2D eigenvalue weighted by molar-refractivity contribution is 5.44. The molecule has 3 nitrogen and oxygen atoms in total. The van der Waals surface area contributed by atoms with Crippen molar-refractivity contribution in [2.75, 3.05) is 20.8 Å². The molecule has 0 aliphatic heterocycles. The fourth-order valence-electron chi connectivity index (χ4n) is 2.29. The van der Waals surface area contributed by atoms with Gasteiger partial charge in [-0.2, -0.15) is 0 Å². The topological polar surface area (TPSA) is 30.5 Å². The first-order valence-electron chi connectivity index (χ1n) is 7.20. The van der Waals surface area contributed by atoms with Gasteiger partial charge >= 0.3 is 0 Å². The second-order valence-corrected chi connectivity index (χ2v) is 4.74. The number of benzene rings is 1. The molecule has 1 unspecified atom stereocenters. The SMILES string of the molecule is CCCNC(CC)CCc1c(OC)cccc1OC. The number of nitrogens with one attached hydrogen (secondary N) is 1. The van der Waals surface area contributed by atoms with Gasteiger partial charge in [0.15, 0.2) is 0 Å². The van der Waals surface area contributed by atoms with Crippen molar-refractivity contribution in [2.45, 2.75) is 45.6 Å². The molecule has 1 aromatic rings. The van der Waals surface area contributed by atoms with Gasteiger partial charge in [-0.25, -0.2) is 0 Å². The maximum absolute atomic E-state index is 5.43. The van der Waals surface area contributed by atoms with Crippen LogP contribution in [0, 0.1) is 0 Å². The summed E-state index contributed by atoms with van der Waals surface area (Å²) in [7, 11) is 3.43. The van der Waals surface area contributed by atoms with Crippen molar-refractivity contribution in [3.8, 4) is 11.5 Å². The van der Waals surface area contributed by atoms with E-state index in [1.165, 1.54) is 12.0 Å². The van der Waals surface area contributed by atoms with Gasteiger partial charge < -0.3 is 14.8 Å². The minimum absolute atomic E-state index is 0.564. The molecule has 0 aliphatic rings. The van der Waals surface area contributed by atoms with E-state index in [2.05, 4.69) is 19.2 Å². The summed E-state index contributed by atoms with van der Waals surface area (Å²) in [6.45, 7) is 5.51. The number of methoxy groups -OCH3 is 2. The first-order chi connectivity index (χ1) is 9.26. The van der Waals surface area contributed by atoms with Crippen LogP contribution in [0.1, 0.15) is 38.7 Å². The maximum atomic E-state index is 5.43. The molecule has 0 heterocycles. The van der Waals surface area contributed by atoms with E-state index < -0.39 is 0 Å². The Morgan fingerprint density at radius 3 is 2.21 bits per heavy atom. The molecule has 0 saturated heterocycles. The van der Waals surface area contributed by atoms with Crippen LogP contribution in [0.15, 0.2) is 18.2 Å². The van der Waals surface area contributed by atoms with Crippen molar-refractivity contribution in [2.24, 2.45) is 0 Å². The molecule has 0 amide bonds. The third kappa shape index (κ3) is 4.75. The van der Waals surface area contributed by atoms with E-state index >= 15 is 0 Å². The molecule has 1 atom stereocenters. The van der Waals surface area contributed by atoms with E-state index in [-0.39, 0.29) is 0 Å². The van der Waals surface area contributed by atoms with Gasteiger partial charge in [-0.1, -0.05) is 19.9 Å². The molecule has 3 heteroatoms. The Morgan fingerprint density at radius 2 is 1.74 bits per heavy atom. The number of hydrogen-bond donors (Lipinski definition) is 1. The largest absolute Gasteiger partial charge is 0.496 e. The molecule has 108 valence electrons. The monoisotopic (exact) mass is 265 g/mol. The zero-order chi connectivity index (χ0) is 14.1. The molecule has 0 spiro atoms. The van der Waals surface area contributed by atoms with Crippen molar-refractivity contribution < 1.29 is 9.47 Å². The molecule has 0 aromatic heterocycles. The molecular weight excluding hydrogens is 238 g/mol. The summed E-state index contributed by atoms with van der Waals surface area (Å²) >= 11 is 0. The average Bonchev–Trinajstić information content (AvgIpc) is 2.47. The summed E-state index contributed by atoms with van der Waals surface area (Å²) < 4.78 is 10.9. The first-order valence-corrected chi connectivity index (χ1v) is 7.20. The zero-order valence-electron chi connectivity index (χ0n) is 12.7. The number of rotatable bonds is 9. The Bertz CT molecular complexity index is 344. The molecule has 1 rings (SSSR count). The van der Waals surface area contributed by atoms with Crippen LogP contribution in [-0.4, -0.2) is 26.8 Å². The van der Waals surface area contributed by atoms with Crippen molar-refractivity contribution >= 4 is 0 Å². The van der Waals surface area contributed by atoms with Crippen LogP contribution in [0.25, 0.3) is 0 Å². The standard InChI is InChI=1S/C16H27NO2/c1-5-12-17-13(6-2)10-11-14-15(18-3)8-7-9-16(14)19-4/h7-9,13,17H,5-6,10-12H2,1-4H3. The highest BCUT2D eigenvalue weighted by Crippen LogP contribution is 2.29. The van der Waals surface area contributed by atoms with Crippen molar-refractivity contribution in [3.05, 3.63) is 23.8 Å². The Hall–Kier alpha value is -1.22. The summed E-state index contributed by atoms with van der Waals surface area (Å²) in [5, 5.41) is 3.58. The van der Waals surface area contributed by atoms with Gasteiger partial charge in [0.1, 0.15) is 11.5 Å². The molecule has 0 fully saturated rings. The third-order valence-electron chi connectivity index (χ3n) is 3.45. The zero-order valence-corrected chi connectivity index (χ0v) is 12.7. The number of hydrogen-bond acceptors (Lipinski definition) is 3. The van der Waals surface area contributed by atoms with Gasteiger partial charge in [-0.05, 0) is 44.4 Å². The molecule has 0 saturated carbocycles. The van der Waals surface area contributed by atoms with Gasteiger partial charge in [0.05, 0.1) is 14.2 Å². The lowest BCUT2D eigenvalue weighted by Gasteiger charge is -2.18. The summed E-state index contributed by atoms with van der Waals surface area (Å²) in [6, 6.07) is 6.53. The number of ether oxygens (including phenoxy) is 2. The molecule has 1 aromatic carbocycles. The Balaban J connectivity index is 2.69. The average molecular weight is 265 g/mol. The summed E-state index contributed by atoms with van der Waals surface area (Å²) in [4.78, 5) is 0. The van der Waals surface area contributed by atoms with E-state index in [4.69, 9.17) is 9.47 Å². The Kier molecular flexibility index (Phi) is 7.34. The van der Waals surface area contributed by atoms with E-state index in [0.29, 0.717) is 6.04 Å². The maximum Gasteiger partial charge on any atom is 0.125 e. The van der Waals surface area contributed by atoms with Crippen molar-refractivity contribution in [1.29, 1.82) is 0 Å². The van der Waals surface area contributed by atoms with Crippen LogP contribution < -0.4 is 14.8 Å². The minimum Gasteiger partial charge on any atom is -0.496 e. The van der Waals surface area contributed by atoms with Crippen LogP contribution in [0.3, 0.4) is 0 Å². The predicted molar refractivity (Wildman–Crippen MR) is 80.2 cm³/mol. The van der Waals surface area contributed by atoms with E-state index in [0.717, 1.165) is 37.3 Å². The van der Waals surface area contributed by atoms with Gasteiger partial charge in [0.25, 0.3) is 0 Å². The second-order valence-electron chi connectivity index (χ2n) is 4.74. The lowest BCUT2D eigenvalue weighted by Crippen LogP contribution is -2.29. The van der Waals surface area contributed by atoms with Crippen LogP contribution in [0.2, 0.25) is 0 Å². The van der Waals surface area contributed by atoms with Crippen LogP contribution in [0.4, 0.5) is 0 Å². The fourth-order valence-corrected chi connectivity index (χ4v) is 2.29. The molecule has 0 aliphatic carbocycles. The first kappa shape index (κ1) is 15.8. The Morgan fingerprint density at radius 1 is 1.11 bits per heavy atom. The van der Waals surface area contributed by atoms with Crippen LogP contribution >= 0.6 is 0 Å². The van der Waals surface area contributed by atoms with E-state index in [1.807, 2.05) is 18.2 Å². The summed E-state index contributed by atoms with van der Waals surface area (Å²) in [5.74, 6) is 1.84. The molecule has 1 N–H and O–H groups in total.